The lowest BCUT2D eigenvalue weighted by atomic mass is 10.2. The molecule has 70 valence electrons. The maximum absolute atomic E-state index is 3.18. The third-order valence-corrected chi connectivity index (χ3v) is 2.48. The number of H-pyrrole nitrogens is 1. The summed E-state index contributed by atoms with van der Waals surface area (Å²) < 4.78 is 0. The van der Waals surface area contributed by atoms with E-state index in [0.717, 1.165) is 6.54 Å². The van der Waals surface area contributed by atoms with Crippen molar-refractivity contribution >= 4 is 16.6 Å². The highest BCUT2D eigenvalue weighted by Gasteiger charge is 2.07. The molecular weight excluding hydrogens is 174 g/mol. The first-order valence-corrected chi connectivity index (χ1v) is 4.69. The number of hydrazine groups is 1. The van der Waals surface area contributed by atoms with Gasteiger partial charge in [-0.2, -0.15) is 0 Å². The van der Waals surface area contributed by atoms with Crippen LogP contribution < -0.4 is 10.4 Å². The maximum Gasteiger partial charge on any atom is 0.0592 e. The first kappa shape index (κ1) is 7.50. The first-order valence-electron chi connectivity index (χ1n) is 4.69. The number of nitrogens with zero attached hydrogens (tertiary/aromatic N) is 1. The summed E-state index contributed by atoms with van der Waals surface area (Å²) in [5.41, 5.74) is 5.55. The molecule has 0 radical (unpaired) electrons. The van der Waals surface area contributed by atoms with Gasteiger partial charge in [-0.05, 0) is 30.3 Å². The van der Waals surface area contributed by atoms with Gasteiger partial charge in [0.1, 0.15) is 0 Å². The molecule has 14 heavy (non-hydrogen) atoms. The van der Waals surface area contributed by atoms with Crippen molar-refractivity contribution in [3.8, 4) is 0 Å². The second kappa shape index (κ2) is 2.80. The number of rotatable bonds is 1. The standard InChI is InChI=1S/C11H11N3/c1-5-13-14(7-1)10-2-3-11-9(8-10)4-6-12-11/h1-6,8,12-13H,7H2. The van der Waals surface area contributed by atoms with Gasteiger partial charge in [-0.3, -0.25) is 5.01 Å². The third-order valence-electron chi connectivity index (χ3n) is 2.48. The molecule has 3 rings (SSSR count). The molecule has 1 aromatic carbocycles. The number of aromatic nitrogens is 1. The van der Waals surface area contributed by atoms with E-state index in [1.54, 1.807) is 0 Å². The van der Waals surface area contributed by atoms with Crippen LogP contribution in [0, 0.1) is 0 Å². The van der Waals surface area contributed by atoms with Gasteiger partial charge in [0.25, 0.3) is 0 Å². The molecule has 0 atom stereocenters. The molecule has 1 aliphatic heterocycles. The van der Waals surface area contributed by atoms with E-state index in [4.69, 9.17) is 0 Å². The molecule has 2 aromatic rings. The topological polar surface area (TPSA) is 31.1 Å². The quantitative estimate of drug-likeness (QED) is 0.712. The molecule has 1 aromatic heterocycles. The van der Waals surface area contributed by atoms with E-state index in [1.165, 1.54) is 16.6 Å². The first-order chi connectivity index (χ1) is 6.93. The third kappa shape index (κ3) is 1.06. The van der Waals surface area contributed by atoms with Crippen molar-refractivity contribution < 1.29 is 0 Å². The van der Waals surface area contributed by atoms with Crippen LogP contribution in [-0.4, -0.2) is 11.5 Å². The molecule has 0 fully saturated rings. The molecule has 0 aliphatic carbocycles. The summed E-state index contributed by atoms with van der Waals surface area (Å²) in [7, 11) is 0. The Hall–Kier alpha value is -1.90. The second-order valence-corrected chi connectivity index (χ2v) is 3.39. The Bertz CT molecular complexity index is 476. The Morgan fingerprint density at radius 1 is 1.21 bits per heavy atom. The van der Waals surface area contributed by atoms with Crippen LogP contribution in [0.3, 0.4) is 0 Å². The van der Waals surface area contributed by atoms with Gasteiger partial charge in [0.2, 0.25) is 0 Å². The van der Waals surface area contributed by atoms with E-state index >= 15 is 0 Å². The van der Waals surface area contributed by atoms with Crippen molar-refractivity contribution in [2.24, 2.45) is 0 Å². The van der Waals surface area contributed by atoms with E-state index in [1.807, 2.05) is 12.4 Å². The van der Waals surface area contributed by atoms with E-state index in [9.17, 15) is 0 Å². The average Bonchev–Trinajstić information content (AvgIpc) is 2.88. The van der Waals surface area contributed by atoms with Crippen molar-refractivity contribution in [2.75, 3.05) is 11.6 Å². The molecule has 3 nitrogen and oxygen atoms in total. The van der Waals surface area contributed by atoms with E-state index < -0.39 is 0 Å². The van der Waals surface area contributed by atoms with Crippen LogP contribution in [-0.2, 0) is 0 Å². The highest BCUT2D eigenvalue weighted by molar-refractivity contribution is 5.83. The lowest BCUT2D eigenvalue weighted by Gasteiger charge is -2.18. The van der Waals surface area contributed by atoms with Gasteiger partial charge in [0.15, 0.2) is 0 Å². The Morgan fingerprint density at radius 3 is 3.07 bits per heavy atom. The molecule has 2 heterocycles. The monoisotopic (exact) mass is 185 g/mol. The lowest BCUT2D eigenvalue weighted by molar-refractivity contribution is 0.841. The van der Waals surface area contributed by atoms with Gasteiger partial charge in [-0.25, -0.2) is 0 Å². The molecule has 0 saturated carbocycles. The molecule has 0 spiro atoms. The van der Waals surface area contributed by atoms with Crippen LogP contribution >= 0.6 is 0 Å². The van der Waals surface area contributed by atoms with Gasteiger partial charge in [0.05, 0.1) is 12.2 Å². The fourth-order valence-electron chi connectivity index (χ4n) is 1.74. The number of nitrogens with one attached hydrogen (secondary N) is 2. The Kier molecular flexibility index (Phi) is 1.50. The van der Waals surface area contributed by atoms with Gasteiger partial charge in [-0.1, -0.05) is 0 Å². The van der Waals surface area contributed by atoms with Crippen molar-refractivity contribution in [3.63, 3.8) is 0 Å². The van der Waals surface area contributed by atoms with Crippen LogP contribution in [0.1, 0.15) is 0 Å². The summed E-state index contributed by atoms with van der Waals surface area (Å²) in [5, 5.41) is 3.35. The minimum absolute atomic E-state index is 0.927. The predicted octanol–water partition coefficient (Wildman–Crippen LogP) is 2.01. The number of aromatic amines is 1. The van der Waals surface area contributed by atoms with Gasteiger partial charge in [-0.15, -0.1) is 0 Å². The lowest BCUT2D eigenvalue weighted by Crippen LogP contribution is -2.29. The summed E-state index contributed by atoms with van der Waals surface area (Å²) in [4.78, 5) is 3.18. The smallest absolute Gasteiger partial charge is 0.0592 e. The highest BCUT2D eigenvalue weighted by Crippen LogP contribution is 2.21. The summed E-state index contributed by atoms with van der Waals surface area (Å²) >= 11 is 0. The van der Waals surface area contributed by atoms with Crippen LogP contribution in [0.25, 0.3) is 10.9 Å². The fourth-order valence-corrected chi connectivity index (χ4v) is 1.74. The van der Waals surface area contributed by atoms with Crippen LogP contribution in [0.2, 0.25) is 0 Å². The average molecular weight is 185 g/mol. The minimum atomic E-state index is 0.927. The molecule has 0 unspecified atom stereocenters. The van der Waals surface area contributed by atoms with Crippen molar-refractivity contribution in [3.05, 3.63) is 42.7 Å². The normalized spacial score (nSPS) is 15.0. The van der Waals surface area contributed by atoms with E-state index in [0.29, 0.717) is 0 Å². The second-order valence-electron chi connectivity index (χ2n) is 3.39. The highest BCUT2D eigenvalue weighted by atomic mass is 15.5. The number of benzene rings is 1. The summed E-state index contributed by atoms with van der Waals surface area (Å²) in [6.45, 7) is 0.927. The largest absolute Gasteiger partial charge is 0.361 e. The number of anilines is 1. The molecule has 0 bridgehead atoms. The fraction of sp³-hybridized carbons (Fsp3) is 0.0909. The van der Waals surface area contributed by atoms with Gasteiger partial charge >= 0.3 is 0 Å². The molecule has 3 heteroatoms. The van der Waals surface area contributed by atoms with Crippen LogP contribution in [0.5, 0.6) is 0 Å². The zero-order valence-electron chi connectivity index (χ0n) is 7.70. The van der Waals surface area contributed by atoms with Crippen molar-refractivity contribution in [1.29, 1.82) is 0 Å². The Balaban J connectivity index is 2.04. The Morgan fingerprint density at radius 2 is 2.21 bits per heavy atom. The molecule has 0 amide bonds. The molecular formula is C11H11N3. The summed E-state index contributed by atoms with van der Waals surface area (Å²) in [6, 6.07) is 8.47. The summed E-state index contributed by atoms with van der Waals surface area (Å²) in [5.74, 6) is 0. The SMILES string of the molecule is C1=CNN(c2ccc3[nH]ccc3c2)C1. The number of fused-ring (bicyclic) bond motifs is 1. The summed E-state index contributed by atoms with van der Waals surface area (Å²) in [6.07, 6.45) is 6.02. The number of hydrogen-bond donors (Lipinski definition) is 2. The van der Waals surface area contributed by atoms with Crippen LogP contribution in [0.4, 0.5) is 5.69 Å². The molecule has 2 N–H and O–H groups in total. The zero-order valence-corrected chi connectivity index (χ0v) is 7.70. The predicted molar refractivity (Wildman–Crippen MR) is 57.9 cm³/mol. The van der Waals surface area contributed by atoms with Crippen LogP contribution in [0.15, 0.2) is 42.7 Å². The minimum Gasteiger partial charge on any atom is -0.361 e. The van der Waals surface area contributed by atoms with Crippen molar-refractivity contribution in [1.82, 2.24) is 10.4 Å². The van der Waals surface area contributed by atoms with Gasteiger partial charge in [0, 0.05) is 23.3 Å². The van der Waals surface area contributed by atoms with E-state index in [-0.39, 0.29) is 0 Å². The Labute approximate surface area is 82.0 Å². The zero-order chi connectivity index (χ0) is 9.38. The molecule has 1 aliphatic rings. The van der Waals surface area contributed by atoms with E-state index in [2.05, 4.69) is 45.8 Å². The van der Waals surface area contributed by atoms with Gasteiger partial charge < -0.3 is 10.4 Å². The number of hydrogen-bond acceptors (Lipinski definition) is 2. The maximum atomic E-state index is 3.18. The molecule has 0 saturated heterocycles. The van der Waals surface area contributed by atoms with Crippen molar-refractivity contribution in [2.45, 2.75) is 0 Å².